The molecule has 2 N–H and O–H groups in total. The van der Waals surface area contributed by atoms with Gasteiger partial charge in [0.2, 0.25) is 0 Å². The van der Waals surface area contributed by atoms with Gasteiger partial charge in [-0.3, -0.25) is 4.52 Å². The van der Waals surface area contributed by atoms with Crippen LogP contribution in [-0.4, -0.2) is 15.4 Å². The fourth-order valence-electron chi connectivity index (χ4n) is 2.13. The summed E-state index contributed by atoms with van der Waals surface area (Å²) in [5, 5.41) is 0. The SMILES string of the molecule is CCC1CCC1(CC)OP(=O)(O)O. The second-order valence-electron chi connectivity index (χ2n) is 3.64. The van der Waals surface area contributed by atoms with E-state index < -0.39 is 13.4 Å². The highest BCUT2D eigenvalue weighted by atomic mass is 31.2. The summed E-state index contributed by atoms with van der Waals surface area (Å²) in [7, 11) is -4.32. The fraction of sp³-hybridized carbons (Fsp3) is 1.00. The Balaban J connectivity index is 2.66. The average molecular weight is 208 g/mol. The van der Waals surface area contributed by atoms with Gasteiger partial charge < -0.3 is 9.79 Å². The van der Waals surface area contributed by atoms with E-state index >= 15 is 0 Å². The Morgan fingerprint density at radius 2 is 2.15 bits per heavy atom. The Kier molecular flexibility index (Phi) is 3.18. The lowest BCUT2D eigenvalue weighted by atomic mass is 9.67. The zero-order valence-corrected chi connectivity index (χ0v) is 8.96. The van der Waals surface area contributed by atoms with Crippen molar-refractivity contribution in [3.8, 4) is 0 Å². The summed E-state index contributed by atoms with van der Waals surface area (Å²) in [6.07, 6.45) is 3.39. The van der Waals surface area contributed by atoms with E-state index in [1.54, 1.807) is 0 Å². The molecule has 1 aliphatic carbocycles. The molecule has 1 rings (SSSR count). The van der Waals surface area contributed by atoms with Crippen LogP contribution in [0.1, 0.15) is 39.5 Å². The summed E-state index contributed by atoms with van der Waals surface area (Å²) in [4.78, 5) is 17.5. The van der Waals surface area contributed by atoms with E-state index in [0.29, 0.717) is 12.3 Å². The van der Waals surface area contributed by atoms with Crippen molar-refractivity contribution < 1.29 is 18.9 Å². The van der Waals surface area contributed by atoms with Gasteiger partial charge in [0.15, 0.2) is 0 Å². The van der Waals surface area contributed by atoms with Crippen LogP contribution in [0.25, 0.3) is 0 Å². The van der Waals surface area contributed by atoms with E-state index in [0.717, 1.165) is 19.3 Å². The number of phosphoric ester groups is 1. The van der Waals surface area contributed by atoms with Crippen molar-refractivity contribution in [1.29, 1.82) is 0 Å². The standard InChI is InChI=1S/C8H17O4P/c1-3-7-5-6-8(7,4-2)12-13(9,10)11/h7H,3-6H2,1-2H3,(H2,9,10,11). The smallest absolute Gasteiger partial charge is 0.303 e. The summed E-state index contributed by atoms with van der Waals surface area (Å²) in [5.74, 6) is 0.310. The molecule has 0 saturated heterocycles. The predicted molar refractivity (Wildman–Crippen MR) is 49.2 cm³/mol. The maximum atomic E-state index is 10.7. The first kappa shape index (κ1) is 11.2. The van der Waals surface area contributed by atoms with Crippen molar-refractivity contribution in [1.82, 2.24) is 0 Å². The Bertz CT molecular complexity index is 218. The van der Waals surface area contributed by atoms with E-state index in [2.05, 4.69) is 0 Å². The molecule has 0 spiro atoms. The topological polar surface area (TPSA) is 66.8 Å². The van der Waals surface area contributed by atoms with Gasteiger partial charge in [-0.15, -0.1) is 0 Å². The van der Waals surface area contributed by atoms with Crippen molar-refractivity contribution in [3.05, 3.63) is 0 Å². The van der Waals surface area contributed by atoms with E-state index in [-0.39, 0.29) is 0 Å². The first-order chi connectivity index (χ1) is 5.93. The highest BCUT2D eigenvalue weighted by molar-refractivity contribution is 7.46. The van der Waals surface area contributed by atoms with Crippen LogP contribution in [0.3, 0.4) is 0 Å². The largest absolute Gasteiger partial charge is 0.470 e. The Hall–Kier alpha value is 0.110. The zero-order valence-electron chi connectivity index (χ0n) is 8.06. The van der Waals surface area contributed by atoms with Crippen LogP contribution in [0.15, 0.2) is 0 Å². The minimum absolute atomic E-state index is 0.310. The Labute approximate surface area is 78.5 Å². The molecule has 0 radical (unpaired) electrons. The first-order valence-corrected chi connectivity index (χ1v) is 6.23. The maximum Gasteiger partial charge on any atom is 0.470 e. The number of hydrogen-bond donors (Lipinski definition) is 2. The van der Waals surface area contributed by atoms with Gasteiger partial charge in [0, 0.05) is 0 Å². The molecule has 1 fully saturated rings. The van der Waals surface area contributed by atoms with Crippen LogP contribution in [-0.2, 0) is 9.09 Å². The van der Waals surface area contributed by atoms with Crippen molar-refractivity contribution in [2.45, 2.75) is 45.1 Å². The Morgan fingerprint density at radius 3 is 2.38 bits per heavy atom. The molecule has 0 aliphatic heterocycles. The molecule has 0 aromatic heterocycles. The molecular formula is C8H17O4P. The van der Waals surface area contributed by atoms with Gasteiger partial charge in [-0.1, -0.05) is 20.3 Å². The van der Waals surface area contributed by atoms with Crippen LogP contribution >= 0.6 is 7.82 Å². The van der Waals surface area contributed by atoms with Crippen LogP contribution in [0.4, 0.5) is 0 Å². The molecule has 2 unspecified atom stereocenters. The summed E-state index contributed by atoms with van der Waals surface area (Å²) in [6, 6.07) is 0. The normalized spacial score (nSPS) is 34.3. The van der Waals surface area contributed by atoms with Gasteiger partial charge in [-0.2, -0.15) is 0 Å². The van der Waals surface area contributed by atoms with E-state index in [9.17, 15) is 4.57 Å². The molecule has 2 atom stereocenters. The van der Waals surface area contributed by atoms with Gasteiger partial charge in [-0.05, 0) is 25.2 Å². The van der Waals surface area contributed by atoms with E-state index in [4.69, 9.17) is 14.3 Å². The third-order valence-corrected chi connectivity index (χ3v) is 3.65. The lowest BCUT2D eigenvalue weighted by Crippen LogP contribution is -2.47. The second kappa shape index (κ2) is 3.70. The third-order valence-electron chi connectivity index (χ3n) is 3.05. The zero-order chi connectivity index (χ0) is 10.1. The Morgan fingerprint density at radius 1 is 1.54 bits per heavy atom. The molecule has 5 heteroatoms. The van der Waals surface area contributed by atoms with E-state index in [1.165, 1.54) is 0 Å². The molecule has 78 valence electrons. The first-order valence-electron chi connectivity index (χ1n) is 4.70. The molecule has 0 bridgehead atoms. The molecule has 1 saturated carbocycles. The number of rotatable bonds is 4. The molecule has 4 nitrogen and oxygen atoms in total. The van der Waals surface area contributed by atoms with Crippen LogP contribution < -0.4 is 0 Å². The highest BCUT2D eigenvalue weighted by Gasteiger charge is 2.49. The third kappa shape index (κ3) is 2.32. The van der Waals surface area contributed by atoms with Crippen LogP contribution in [0.2, 0.25) is 0 Å². The van der Waals surface area contributed by atoms with Crippen molar-refractivity contribution in [2.24, 2.45) is 5.92 Å². The number of phosphoric acid groups is 1. The minimum Gasteiger partial charge on any atom is -0.303 e. The van der Waals surface area contributed by atoms with Gasteiger partial charge in [-0.25, -0.2) is 4.57 Å². The average Bonchev–Trinajstić information content (AvgIpc) is 1.97. The number of hydrogen-bond acceptors (Lipinski definition) is 2. The molecule has 0 aromatic rings. The van der Waals surface area contributed by atoms with E-state index in [1.807, 2.05) is 13.8 Å². The molecule has 0 aromatic carbocycles. The summed E-state index contributed by atoms with van der Waals surface area (Å²) >= 11 is 0. The summed E-state index contributed by atoms with van der Waals surface area (Å²) in [5.41, 5.74) is -0.548. The molecule has 0 heterocycles. The molecule has 13 heavy (non-hydrogen) atoms. The van der Waals surface area contributed by atoms with Crippen molar-refractivity contribution in [2.75, 3.05) is 0 Å². The van der Waals surface area contributed by atoms with Gasteiger partial charge in [0.1, 0.15) is 0 Å². The molecule has 1 aliphatic rings. The van der Waals surface area contributed by atoms with Gasteiger partial charge in [0.05, 0.1) is 5.60 Å². The lowest BCUT2D eigenvalue weighted by Gasteiger charge is -2.48. The maximum absolute atomic E-state index is 10.7. The van der Waals surface area contributed by atoms with Crippen molar-refractivity contribution in [3.63, 3.8) is 0 Å². The van der Waals surface area contributed by atoms with Crippen LogP contribution in [0, 0.1) is 5.92 Å². The minimum atomic E-state index is -4.32. The quantitative estimate of drug-likeness (QED) is 0.694. The van der Waals surface area contributed by atoms with Gasteiger partial charge in [0.25, 0.3) is 0 Å². The van der Waals surface area contributed by atoms with Crippen molar-refractivity contribution >= 4 is 7.82 Å². The molecule has 0 amide bonds. The summed E-state index contributed by atoms with van der Waals surface area (Å²) in [6.45, 7) is 3.94. The monoisotopic (exact) mass is 208 g/mol. The second-order valence-corrected chi connectivity index (χ2v) is 4.81. The molecular weight excluding hydrogens is 191 g/mol. The lowest BCUT2D eigenvalue weighted by molar-refractivity contribution is -0.0901. The predicted octanol–water partition coefficient (Wildman–Crippen LogP) is 2.06. The highest BCUT2D eigenvalue weighted by Crippen LogP contribution is 2.54. The summed E-state index contributed by atoms with van der Waals surface area (Å²) < 4.78 is 15.6. The van der Waals surface area contributed by atoms with Crippen LogP contribution in [0.5, 0.6) is 0 Å². The fourth-order valence-corrected chi connectivity index (χ4v) is 2.98. The van der Waals surface area contributed by atoms with Gasteiger partial charge >= 0.3 is 7.82 Å².